The van der Waals surface area contributed by atoms with Crippen LogP contribution in [0.4, 0.5) is 19.4 Å². The van der Waals surface area contributed by atoms with Crippen LogP contribution in [0.3, 0.4) is 0 Å². The number of aliphatic imine (C=N–C) groups is 1. The molecular formula is C29H41F2N7O2. The van der Waals surface area contributed by atoms with Gasteiger partial charge in [0.2, 0.25) is 5.88 Å². The number of ether oxygens (including phenoxy) is 1. The predicted molar refractivity (Wildman–Crippen MR) is 151 cm³/mol. The van der Waals surface area contributed by atoms with Crippen LogP contribution in [0, 0.1) is 29.4 Å². The SMILES string of the molecule is CC(C)/C(N)=N/C(=O)N1CCC([C@H](C)CCOc2cnc(N3CC[C@H](c4cc(F)ccc4F)[C@@H](N)C3)cn2)CC1. The minimum Gasteiger partial charge on any atom is -0.477 e. The third-order valence-corrected chi connectivity index (χ3v) is 8.21. The Balaban J connectivity index is 1.20. The summed E-state index contributed by atoms with van der Waals surface area (Å²) in [6.07, 6.45) is 6.60. The number of amides is 2. The van der Waals surface area contributed by atoms with Gasteiger partial charge in [-0.15, -0.1) is 0 Å². The second-order valence-electron chi connectivity index (χ2n) is 11.3. The van der Waals surface area contributed by atoms with Crippen molar-refractivity contribution in [2.75, 3.05) is 37.7 Å². The number of nitrogens with two attached hydrogens (primary N) is 2. The molecule has 2 fully saturated rings. The van der Waals surface area contributed by atoms with Crippen molar-refractivity contribution in [3.05, 3.63) is 47.8 Å². The lowest BCUT2D eigenvalue weighted by Gasteiger charge is -2.37. The highest BCUT2D eigenvalue weighted by molar-refractivity contribution is 5.93. The standard InChI is InChI=1S/C29H41F2N7O2/c1-18(2)28(33)36-29(39)37-10-6-20(7-11-37)19(3)9-13-40-27-16-34-26(15-35-27)38-12-8-22(25(32)17-38)23-14-21(30)4-5-24(23)31/h4-5,14-16,18-20,22,25H,6-13,17,32H2,1-3H3,(H2,33,36,39)/t19-,22-,25+/m1/s1. The summed E-state index contributed by atoms with van der Waals surface area (Å²) in [5, 5.41) is 0. The van der Waals surface area contributed by atoms with Gasteiger partial charge >= 0.3 is 6.03 Å². The Bertz CT molecular complexity index is 1170. The van der Waals surface area contributed by atoms with Gasteiger partial charge in [0.1, 0.15) is 23.3 Å². The van der Waals surface area contributed by atoms with Crippen LogP contribution in [0.2, 0.25) is 0 Å². The molecule has 4 N–H and O–H groups in total. The highest BCUT2D eigenvalue weighted by atomic mass is 19.1. The van der Waals surface area contributed by atoms with Gasteiger partial charge in [-0.3, -0.25) is 0 Å². The van der Waals surface area contributed by atoms with Crippen LogP contribution in [0.5, 0.6) is 5.88 Å². The highest BCUT2D eigenvalue weighted by Gasteiger charge is 2.31. The van der Waals surface area contributed by atoms with Crippen LogP contribution in [0.1, 0.15) is 57.9 Å². The topological polar surface area (TPSA) is 123 Å². The van der Waals surface area contributed by atoms with Gasteiger partial charge in [0.25, 0.3) is 0 Å². The summed E-state index contributed by atoms with van der Waals surface area (Å²) in [5.74, 6) is 1.38. The second-order valence-corrected chi connectivity index (χ2v) is 11.3. The first-order valence-electron chi connectivity index (χ1n) is 14.2. The molecule has 1 aromatic carbocycles. The molecule has 218 valence electrons. The molecule has 0 bridgehead atoms. The van der Waals surface area contributed by atoms with E-state index in [2.05, 4.69) is 21.9 Å². The van der Waals surface area contributed by atoms with E-state index in [1.807, 2.05) is 18.7 Å². The summed E-state index contributed by atoms with van der Waals surface area (Å²) in [6.45, 7) is 9.04. The van der Waals surface area contributed by atoms with Crippen molar-refractivity contribution in [2.45, 2.75) is 58.4 Å². The molecule has 11 heteroatoms. The van der Waals surface area contributed by atoms with Crippen LogP contribution in [-0.4, -0.2) is 65.6 Å². The fraction of sp³-hybridized carbons (Fsp3) is 0.586. The minimum absolute atomic E-state index is 0.0541. The van der Waals surface area contributed by atoms with Crippen molar-refractivity contribution >= 4 is 17.7 Å². The van der Waals surface area contributed by atoms with Crippen LogP contribution >= 0.6 is 0 Å². The van der Waals surface area contributed by atoms with E-state index in [0.717, 1.165) is 31.4 Å². The van der Waals surface area contributed by atoms with E-state index in [1.165, 1.54) is 6.07 Å². The number of hydrogen-bond acceptors (Lipinski definition) is 6. The lowest BCUT2D eigenvalue weighted by Crippen LogP contribution is -2.48. The Morgan fingerprint density at radius 2 is 1.88 bits per heavy atom. The number of hydrogen-bond donors (Lipinski definition) is 2. The van der Waals surface area contributed by atoms with Gasteiger partial charge in [-0.25, -0.2) is 23.5 Å². The minimum atomic E-state index is -0.461. The first-order valence-corrected chi connectivity index (χ1v) is 14.2. The summed E-state index contributed by atoms with van der Waals surface area (Å²) in [4.78, 5) is 29.1. The van der Waals surface area contributed by atoms with E-state index in [0.29, 0.717) is 74.1 Å². The number of aromatic nitrogens is 2. The summed E-state index contributed by atoms with van der Waals surface area (Å²) in [5.41, 5.74) is 12.5. The molecule has 9 nitrogen and oxygen atoms in total. The molecule has 2 aromatic rings. The van der Waals surface area contributed by atoms with Crippen molar-refractivity contribution in [2.24, 2.45) is 34.2 Å². The smallest absolute Gasteiger partial charge is 0.345 e. The highest BCUT2D eigenvalue weighted by Crippen LogP contribution is 2.32. The zero-order valence-corrected chi connectivity index (χ0v) is 23.6. The number of amidine groups is 1. The monoisotopic (exact) mass is 557 g/mol. The maximum atomic E-state index is 14.3. The number of carbonyl (C=O) groups is 1. The molecule has 2 aliphatic heterocycles. The van der Waals surface area contributed by atoms with Crippen molar-refractivity contribution in [1.82, 2.24) is 14.9 Å². The van der Waals surface area contributed by atoms with Crippen LogP contribution in [-0.2, 0) is 0 Å². The predicted octanol–water partition coefficient (Wildman–Crippen LogP) is 4.33. The largest absolute Gasteiger partial charge is 0.477 e. The molecule has 40 heavy (non-hydrogen) atoms. The Labute approximate surface area is 235 Å². The first kappa shape index (κ1) is 29.6. The Morgan fingerprint density at radius 3 is 2.52 bits per heavy atom. The van der Waals surface area contributed by atoms with Crippen molar-refractivity contribution < 1.29 is 18.3 Å². The molecule has 0 aliphatic carbocycles. The van der Waals surface area contributed by atoms with Gasteiger partial charge in [-0.05, 0) is 61.3 Å². The number of rotatable bonds is 8. The molecule has 2 saturated heterocycles. The van der Waals surface area contributed by atoms with E-state index < -0.39 is 11.6 Å². The lowest BCUT2D eigenvalue weighted by molar-refractivity contribution is 0.149. The summed E-state index contributed by atoms with van der Waals surface area (Å²) >= 11 is 0. The molecule has 2 aliphatic rings. The number of carbonyl (C=O) groups excluding carboxylic acids is 1. The average molecular weight is 558 g/mol. The van der Waals surface area contributed by atoms with Crippen molar-refractivity contribution in [3.63, 3.8) is 0 Å². The molecule has 4 rings (SSSR count). The van der Waals surface area contributed by atoms with Gasteiger partial charge < -0.3 is 26.0 Å². The maximum Gasteiger partial charge on any atom is 0.345 e. The van der Waals surface area contributed by atoms with Crippen LogP contribution < -0.4 is 21.1 Å². The van der Waals surface area contributed by atoms with E-state index in [9.17, 15) is 13.6 Å². The van der Waals surface area contributed by atoms with Gasteiger partial charge in [-0.1, -0.05) is 20.8 Å². The maximum absolute atomic E-state index is 14.3. The van der Waals surface area contributed by atoms with E-state index >= 15 is 0 Å². The third-order valence-electron chi connectivity index (χ3n) is 8.21. The second kappa shape index (κ2) is 13.3. The Morgan fingerprint density at radius 1 is 1.12 bits per heavy atom. The normalized spacial score (nSPS) is 21.5. The molecule has 1 aromatic heterocycles. The zero-order chi connectivity index (χ0) is 28.8. The molecular weight excluding hydrogens is 516 g/mol. The Hall–Kier alpha value is -3.34. The quantitative estimate of drug-likeness (QED) is 0.366. The summed E-state index contributed by atoms with van der Waals surface area (Å²) in [7, 11) is 0. The molecule has 0 radical (unpaired) electrons. The van der Waals surface area contributed by atoms with Gasteiger partial charge in [0.05, 0.1) is 19.0 Å². The summed E-state index contributed by atoms with van der Waals surface area (Å²) < 4.78 is 33.8. The summed E-state index contributed by atoms with van der Waals surface area (Å²) in [6, 6.07) is 2.91. The number of halogens is 2. The van der Waals surface area contributed by atoms with Crippen LogP contribution in [0.25, 0.3) is 0 Å². The van der Waals surface area contributed by atoms with Gasteiger partial charge in [0, 0.05) is 44.1 Å². The van der Waals surface area contributed by atoms with E-state index in [-0.39, 0.29) is 23.9 Å². The fourth-order valence-electron chi connectivity index (χ4n) is 5.48. The molecule has 3 heterocycles. The zero-order valence-electron chi connectivity index (χ0n) is 23.6. The molecule has 3 atom stereocenters. The molecule has 0 saturated carbocycles. The van der Waals surface area contributed by atoms with Gasteiger partial charge in [0.15, 0.2) is 0 Å². The molecule has 0 unspecified atom stereocenters. The van der Waals surface area contributed by atoms with Crippen molar-refractivity contribution in [3.8, 4) is 5.88 Å². The molecule has 2 amide bonds. The number of urea groups is 1. The number of benzene rings is 1. The van der Waals surface area contributed by atoms with E-state index in [4.69, 9.17) is 16.2 Å². The average Bonchev–Trinajstić information content (AvgIpc) is 2.94. The van der Waals surface area contributed by atoms with Crippen molar-refractivity contribution in [1.29, 1.82) is 0 Å². The number of piperidine rings is 2. The Kier molecular flexibility index (Phi) is 9.89. The third kappa shape index (κ3) is 7.44. The fourth-order valence-corrected chi connectivity index (χ4v) is 5.48. The van der Waals surface area contributed by atoms with Crippen LogP contribution in [0.15, 0.2) is 35.6 Å². The number of anilines is 1. The number of likely N-dealkylation sites (tertiary alicyclic amines) is 1. The number of nitrogens with zero attached hydrogens (tertiary/aromatic N) is 5. The van der Waals surface area contributed by atoms with Gasteiger partial charge in [-0.2, -0.15) is 4.99 Å². The molecule has 0 spiro atoms. The van der Waals surface area contributed by atoms with E-state index in [1.54, 1.807) is 17.3 Å². The first-order chi connectivity index (χ1) is 19.1. The lowest BCUT2D eigenvalue weighted by atomic mass is 9.84.